The summed E-state index contributed by atoms with van der Waals surface area (Å²) in [5.74, 6) is 0.723. The Morgan fingerprint density at radius 3 is 2.71 bits per heavy atom. The van der Waals surface area contributed by atoms with Gasteiger partial charge in [-0.1, -0.05) is 36.4 Å². The molecule has 0 atom stereocenters. The van der Waals surface area contributed by atoms with Gasteiger partial charge in [-0.15, -0.1) is 10.2 Å². The van der Waals surface area contributed by atoms with Gasteiger partial charge in [-0.25, -0.2) is 15.0 Å². The minimum absolute atomic E-state index is 0.188. The number of fused-ring (bicyclic) bond motifs is 1. The van der Waals surface area contributed by atoms with E-state index in [4.69, 9.17) is 0 Å². The van der Waals surface area contributed by atoms with Crippen LogP contribution < -0.4 is 5.32 Å². The fourth-order valence-corrected chi connectivity index (χ4v) is 3.77. The molecule has 5 aromatic rings. The molecule has 4 heterocycles. The Morgan fingerprint density at radius 1 is 1.03 bits per heavy atom. The number of benzene rings is 1. The molecule has 9 nitrogen and oxygen atoms in total. The van der Waals surface area contributed by atoms with Crippen LogP contribution in [0.25, 0.3) is 22.6 Å². The predicted octanol–water partition coefficient (Wildman–Crippen LogP) is 4.16. The molecule has 0 aliphatic heterocycles. The zero-order valence-electron chi connectivity index (χ0n) is 19.0. The third kappa shape index (κ3) is 4.40. The molecule has 0 saturated carbocycles. The second-order valence-corrected chi connectivity index (χ2v) is 8.25. The average Bonchev–Trinajstić information content (AvgIpc) is 3.51. The first kappa shape index (κ1) is 21.4. The highest BCUT2D eigenvalue weighted by Crippen LogP contribution is 2.20. The summed E-state index contributed by atoms with van der Waals surface area (Å²) in [6.45, 7) is 4.85. The standard InChI is InChI=1S/C25H24N8O/c1-17(2)33-16-28-31-24(33)19-9-6-10-23(29-19)30-25(34)20-13-22-21(14-26-20)27-15-32(22)12-11-18-7-4-3-5-8-18/h3-10,13-17H,11-12H2,1-2H3,(H,29,30,34). The van der Waals surface area contributed by atoms with Gasteiger partial charge in [-0.05, 0) is 44.0 Å². The van der Waals surface area contributed by atoms with Crippen LogP contribution >= 0.6 is 0 Å². The molecule has 0 bridgehead atoms. The van der Waals surface area contributed by atoms with Crippen molar-refractivity contribution in [3.05, 3.63) is 84.7 Å². The van der Waals surface area contributed by atoms with Crippen LogP contribution in [0.3, 0.4) is 0 Å². The van der Waals surface area contributed by atoms with Gasteiger partial charge in [0.25, 0.3) is 5.91 Å². The number of carbonyl (C=O) groups is 1. The van der Waals surface area contributed by atoms with Crippen LogP contribution in [0.2, 0.25) is 0 Å². The van der Waals surface area contributed by atoms with Gasteiger partial charge in [0.1, 0.15) is 29.0 Å². The van der Waals surface area contributed by atoms with E-state index in [1.54, 1.807) is 31.0 Å². The zero-order valence-corrected chi connectivity index (χ0v) is 19.0. The van der Waals surface area contributed by atoms with Gasteiger partial charge in [-0.3, -0.25) is 4.79 Å². The molecule has 170 valence electrons. The number of imidazole rings is 1. The van der Waals surface area contributed by atoms with Gasteiger partial charge in [0.05, 0.1) is 18.0 Å². The van der Waals surface area contributed by atoms with E-state index >= 15 is 0 Å². The lowest BCUT2D eigenvalue weighted by Crippen LogP contribution is -2.15. The summed E-state index contributed by atoms with van der Waals surface area (Å²) in [5.41, 5.74) is 3.79. The molecular formula is C25H24N8O. The molecule has 0 fully saturated rings. The summed E-state index contributed by atoms with van der Waals surface area (Å²) in [6, 6.07) is 17.6. The molecule has 0 spiro atoms. The highest BCUT2D eigenvalue weighted by Gasteiger charge is 2.15. The molecule has 0 aliphatic rings. The molecule has 0 saturated heterocycles. The largest absolute Gasteiger partial charge is 0.330 e. The highest BCUT2D eigenvalue weighted by atomic mass is 16.1. The van der Waals surface area contributed by atoms with Crippen LogP contribution in [0.5, 0.6) is 0 Å². The summed E-state index contributed by atoms with van der Waals surface area (Å²) in [5, 5.41) is 11.0. The van der Waals surface area contributed by atoms with Crippen molar-refractivity contribution in [2.45, 2.75) is 32.9 Å². The average molecular weight is 453 g/mol. The van der Waals surface area contributed by atoms with E-state index in [-0.39, 0.29) is 11.9 Å². The summed E-state index contributed by atoms with van der Waals surface area (Å²) < 4.78 is 3.97. The van der Waals surface area contributed by atoms with Crippen LogP contribution in [0, 0.1) is 0 Å². The molecule has 1 aromatic carbocycles. The lowest BCUT2D eigenvalue weighted by atomic mass is 10.1. The van der Waals surface area contributed by atoms with E-state index in [0.717, 1.165) is 24.0 Å². The van der Waals surface area contributed by atoms with E-state index in [0.29, 0.717) is 23.0 Å². The van der Waals surface area contributed by atoms with E-state index in [2.05, 4.69) is 42.6 Å². The monoisotopic (exact) mass is 452 g/mol. The first-order valence-corrected chi connectivity index (χ1v) is 11.1. The van der Waals surface area contributed by atoms with Gasteiger partial charge in [0, 0.05) is 12.6 Å². The number of nitrogens with one attached hydrogen (secondary N) is 1. The number of aryl methyl sites for hydroxylation is 2. The molecule has 0 radical (unpaired) electrons. The SMILES string of the molecule is CC(C)n1cnnc1-c1cccc(NC(=O)c2cc3c(cn2)ncn3CCc2ccccc2)n1. The van der Waals surface area contributed by atoms with Crippen LogP contribution in [0.1, 0.15) is 35.9 Å². The van der Waals surface area contributed by atoms with Gasteiger partial charge < -0.3 is 14.5 Å². The maximum atomic E-state index is 13.0. The normalized spacial score (nSPS) is 11.3. The molecule has 4 aromatic heterocycles. The Balaban J connectivity index is 1.35. The first-order chi connectivity index (χ1) is 16.6. The molecule has 1 N–H and O–H groups in total. The smallest absolute Gasteiger partial charge is 0.275 e. The zero-order chi connectivity index (χ0) is 23.5. The number of rotatable bonds is 7. The summed E-state index contributed by atoms with van der Waals surface area (Å²) in [4.78, 5) is 26.2. The third-order valence-electron chi connectivity index (χ3n) is 5.57. The van der Waals surface area contributed by atoms with E-state index in [9.17, 15) is 4.79 Å². The Bertz CT molecular complexity index is 1440. The van der Waals surface area contributed by atoms with E-state index in [1.807, 2.05) is 53.3 Å². The van der Waals surface area contributed by atoms with Crippen molar-refractivity contribution < 1.29 is 4.79 Å². The molecular weight excluding hydrogens is 428 g/mol. The van der Waals surface area contributed by atoms with Gasteiger partial charge in [0.2, 0.25) is 0 Å². The molecule has 5 rings (SSSR count). The van der Waals surface area contributed by atoms with Crippen LogP contribution in [0.4, 0.5) is 5.82 Å². The van der Waals surface area contributed by atoms with Crippen molar-refractivity contribution in [1.82, 2.24) is 34.3 Å². The topological polar surface area (TPSA) is 103 Å². The number of hydrogen-bond donors (Lipinski definition) is 1. The van der Waals surface area contributed by atoms with Crippen molar-refractivity contribution in [3.63, 3.8) is 0 Å². The molecule has 1 amide bonds. The van der Waals surface area contributed by atoms with Crippen molar-refractivity contribution >= 4 is 22.8 Å². The summed E-state index contributed by atoms with van der Waals surface area (Å²) in [7, 11) is 0. The fraction of sp³-hybridized carbons (Fsp3) is 0.200. The number of pyridine rings is 2. The molecule has 0 unspecified atom stereocenters. The quantitative estimate of drug-likeness (QED) is 0.398. The van der Waals surface area contributed by atoms with Gasteiger partial charge in [0.15, 0.2) is 5.82 Å². The third-order valence-corrected chi connectivity index (χ3v) is 5.57. The number of carbonyl (C=O) groups excluding carboxylic acids is 1. The van der Waals surface area contributed by atoms with Crippen molar-refractivity contribution in [2.24, 2.45) is 0 Å². The second kappa shape index (κ2) is 9.22. The highest BCUT2D eigenvalue weighted by molar-refractivity contribution is 6.03. The number of hydrogen-bond acceptors (Lipinski definition) is 6. The maximum absolute atomic E-state index is 13.0. The lowest BCUT2D eigenvalue weighted by Gasteiger charge is -2.10. The summed E-state index contributed by atoms with van der Waals surface area (Å²) >= 11 is 0. The Labute approximate surface area is 196 Å². The summed E-state index contributed by atoms with van der Waals surface area (Å²) in [6.07, 6.45) is 5.95. The number of anilines is 1. The van der Waals surface area contributed by atoms with Crippen molar-refractivity contribution in [1.29, 1.82) is 0 Å². The van der Waals surface area contributed by atoms with Crippen LogP contribution in [0.15, 0.2) is 73.4 Å². The number of amides is 1. The maximum Gasteiger partial charge on any atom is 0.275 e. The van der Waals surface area contributed by atoms with Crippen LogP contribution in [-0.4, -0.2) is 40.2 Å². The Hall–Kier alpha value is -4.40. The van der Waals surface area contributed by atoms with Crippen molar-refractivity contribution in [2.75, 3.05) is 5.32 Å². The lowest BCUT2D eigenvalue weighted by molar-refractivity contribution is 0.102. The molecule has 0 aliphatic carbocycles. The minimum atomic E-state index is -0.340. The van der Waals surface area contributed by atoms with Crippen molar-refractivity contribution in [3.8, 4) is 11.5 Å². The number of nitrogens with zero attached hydrogens (tertiary/aromatic N) is 7. The van der Waals surface area contributed by atoms with Crippen LogP contribution in [-0.2, 0) is 13.0 Å². The molecule has 9 heteroatoms. The molecule has 34 heavy (non-hydrogen) atoms. The second-order valence-electron chi connectivity index (χ2n) is 8.25. The number of aromatic nitrogens is 7. The van der Waals surface area contributed by atoms with E-state index < -0.39 is 0 Å². The Kier molecular flexibility index (Phi) is 5.82. The first-order valence-electron chi connectivity index (χ1n) is 11.1. The van der Waals surface area contributed by atoms with Gasteiger partial charge >= 0.3 is 0 Å². The predicted molar refractivity (Wildman–Crippen MR) is 129 cm³/mol. The Morgan fingerprint density at radius 2 is 1.88 bits per heavy atom. The van der Waals surface area contributed by atoms with Gasteiger partial charge in [-0.2, -0.15) is 0 Å². The van der Waals surface area contributed by atoms with E-state index in [1.165, 1.54) is 5.56 Å². The fourth-order valence-electron chi connectivity index (χ4n) is 3.77. The minimum Gasteiger partial charge on any atom is -0.330 e.